The molecule has 7 heteroatoms. The van der Waals surface area contributed by atoms with E-state index in [-0.39, 0.29) is 0 Å². The monoisotopic (exact) mass is 392 g/mol. The van der Waals surface area contributed by atoms with Crippen molar-refractivity contribution in [1.29, 1.82) is 0 Å². The number of amides is 2. The van der Waals surface area contributed by atoms with Crippen molar-refractivity contribution in [3.63, 3.8) is 0 Å². The Kier molecular flexibility index (Phi) is 5.81. The molecule has 0 saturated heterocycles. The van der Waals surface area contributed by atoms with E-state index in [2.05, 4.69) is 42.5 Å². The minimum Gasteiger partial charge on any atom is -0.480 e. The van der Waals surface area contributed by atoms with Crippen LogP contribution in [0.3, 0.4) is 0 Å². The van der Waals surface area contributed by atoms with Gasteiger partial charge in [-0.2, -0.15) is 0 Å². The Morgan fingerprint density at radius 2 is 1.84 bits per heavy atom. The largest absolute Gasteiger partial charge is 0.480 e. The second-order valence-corrected chi connectivity index (χ2v) is 5.71. The first kappa shape index (κ1) is 16.0. The number of carbonyl (C=O) groups excluding carboxylic acids is 1. The molecule has 0 saturated carbocycles. The van der Waals surface area contributed by atoms with Crippen molar-refractivity contribution in [3.8, 4) is 0 Å². The van der Waals surface area contributed by atoms with Crippen molar-refractivity contribution < 1.29 is 14.7 Å². The predicted molar refractivity (Wildman–Crippen MR) is 80.4 cm³/mol. The zero-order valence-corrected chi connectivity index (χ0v) is 13.6. The summed E-state index contributed by atoms with van der Waals surface area (Å²) >= 11 is 6.70. The van der Waals surface area contributed by atoms with Gasteiger partial charge in [0.15, 0.2) is 0 Å². The van der Waals surface area contributed by atoms with Crippen molar-refractivity contribution in [2.24, 2.45) is 0 Å². The molecule has 3 N–H and O–H groups in total. The van der Waals surface area contributed by atoms with Gasteiger partial charge in [-0.05, 0) is 62.9 Å². The van der Waals surface area contributed by atoms with Crippen LogP contribution in [0, 0.1) is 6.92 Å². The predicted octanol–water partition coefficient (Wildman–Crippen LogP) is 3.50. The summed E-state index contributed by atoms with van der Waals surface area (Å²) in [6.45, 7) is 3.62. The van der Waals surface area contributed by atoms with Crippen LogP contribution in [0.5, 0.6) is 0 Å². The average molecular weight is 394 g/mol. The first-order chi connectivity index (χ1) is 8.85. The molecule has 104 valence electrons. The summed E-state index contributed by atoms with van der Waals surface area (Å²) in [5, 5.41) is 13.9. The van der Waals surface area contributed by atoms with E-state index in [1.54, 1.807) is 6.92 Å². The van der Waals surface area contributed by atoms with Crippen LogP contribution in [0.25, 0.3) is 0 Å². The summed E-state index contributed by atoms with van der Waals surface area (Å²) < 4.78 is 1.44. The minimum absolute atomic E-state index is 0.318. The smallest absolute Gasteiger partial charge is 0.326 e. The molecule has 1 aromatic rings. The van der Waals surface area contributed by atoms with Crippen molar-refractivity contribution in [3.05, 3.63) is 26.6 Å². The van der Waals surface area contributed by atoms with Gasteiger partial charge >= 0.3 is 12.0 Å². The molecule has 0 heterocycles. The number of hydrogen-bond donors (Lipinski definition) is 3. The molecule has 19 heavy (non-hydrogen) atoms. The van der Waals surface area contributed by atoms with E-state index in [1.807, 2.05) is 19.1 Å². The molecule has 0 spiro atoms. The number of benzene rings is 1. The highest BCUT2D eigenvalue weighted by atomic mass is 79.9. The Labute approximate surface area is 128 Å². The van der Waals surface area contributed by atoms with Gasteiger partial charge in [-0.15, -0.1) is 0 Å². The maximum atomic E-state index is 11.7. The molecule has 1 rings (SSSR count). The van der Waals surface area contributed by atoms with Gasteiger partial charge in [-0.25, -0.2) is 9.59 Å². The van der Waals surface area contributed by atoms with Crippen molar-refractivity contribution >= 4 is 49.5 Å². The summed E-state index contributed by atoms with van der Waals surface area (Å²) in [6.07, 6.45) is 0.318. The molecule has 0 fully saturated rings. The van der Waals surface area contributed by atoms with Crippen molar-refractivity contribution in [2.75, 3.05) is 5.32 Å². The van der Waals surface area contributed by atoms with Gasteiger partial charge in [0, 0.05) is 8.95 Å². The first-order valence-electron chi connectivity index (χ1n) is 5.61. The van der Waals surface area contributed by atoms with Gasteiger partial charge in [0.1, 0.15) is 6.04 Å². The van der Waals surface area contributed by atoms with Crippen LogP contribution in [0.4, 0.5) is 10.5 Å². The number of aliphatic carboxylic acids is 1. The third-order valence-electron chi connectivity index (χ3n) is 2.44. The molecule has 0 aliphatic heterocycles. The van der Waals surface area contributed by atoms with Crippen LogP contribution in [0.2, 0.25) is 0 Å². The number of carboxylic acid groups (broad SMARTS) is 1. The van der Waals surface area contributed by atoms with E-state index in [0.717, 1.165) is 14.5 Å². The number of aryl methyl sites for hydroxylation is 1. The number of nitrogens with one attached hydrogen (secondary N) is 2. The molecule has 5 nitrogen and oxygen atoms in total. The van der Waals surface area contributed by atoms with Gasteiger partial charge < -0.3 is 15.7 Å². The highest BCUT2D eigenvalue weighted by Gasteiger charge is 2.18. The molecule has 0 bridgehead atoms. The Hall–Kier alpha value is -1.08. The lowest BCUT2D eigenvalue weighted by molar-refractivity contribution is -0.139. The van der Waals surface area contributed by atoms with E-state index in [9.17, 15) is 9.59 Å². The van der Waals surface area contributed by atoms with Gasteiger partial charge in [-0.1, -0.05) is 6.92 Å². The van der Waals surface area contributed by atoms with E-state index in [1.165, 1.54) is 0 Å². The second-order valence-electron chi connectivity index (χ2n) is 4.00. The Balaban J connectivity index is 2.80. The first-order valence-corrected chi connectivity index (χ1v) is 7.19. The summed E-state index contributed by atoms with van der Waals surface area (Å²) in [4.78, 5) is 22.6. The number of urea groups is 1. The molecule has 0 aromatic heterocycles. The van der Waals surface area contributed by atoms with Crippen molar-refractivity contribution in [2.45, 2.75) is 26.3 Å². The number of carbonyl (C=O) groups is 2. The van der Waals surface area contributed by atoms with Crippen LogP contribution >= 0.6 is 31.9 Å². The SMILES string of the molecule is CC[C@@H](NC(=O)Nc1c(Br)cc(C)cc1Br)C(=O)O. The van der Waals surface area contributed by atoms with E-state index in [0.29, 0.717) is 12.1 Å². The quantitative estimate of drug-likeness (QED) is 0.732. The van der Waals surface area contributed by atoms with Gasteiger partial charge in [-0.3, -0.25) is 0 Å². The summed E-state index contributed by atoms with van der Waals surface area (Å²) in [7, 11) is 0. The number of anilines is 1. The highest BCUT2D eigenvalue weighted by Crippen LogP contribution is 2.32. The normalized spacial score (nSPS) is 11.8. The zero-order valence-electron chi connectivity index (χ0n) is 10.5. The minimum atomic E-state index is -1.06. The fourth-order valence-corrected chi connectivity index (χ4v) is 3.08. The van der Waals surface area contributed by atoms with Crippen molar-refractivity contribution in [1.82, 2.24) is 5.32 Å². The third kappa shape index (κ3) is 4.50. The summed E-state index contributed by atoms with van der Waals surface area (Å²) in [5.41, 5.74) is 1.59. The van der Waals surface area contributed by atoms with E-state index < -0.39 is 18.0 Å². The second kappa shape index (κ2) is 6.91. The Bertz CT molecular complexity index is 483. The molecule has 0 aliphatic carbocycles. The molecule has 1 atom stereocenters. The van der Waals surface area contributed by atoms with Crippen LogP contribution in [-0.4, -0.2) is 23.1 Å². The lowest BCUT2D eigenvalue weighted by Crippen LogP contribution is -2.42. The maximum Gasteiger partial charge on any atom is 0.326 e. The number of rotatable bonds is 4. The lowest BCUT2D eigenvalue weighted by atomic mass is 10.2. The fraction of sp³-hybridized carbons (Fsp3) is 0.333. The standard InChI is InChI=1S/C12H14Br2N2O3/c1-3-9(11(17)18)15-12(19)16-10-7(13)4-6(2)5-8(10)14/h4-5,9H,3H2,1-2H3,(H,17,18)(H2,15,16,19)/t9-/m1/s1. The van der Waals surface area contributed by atoms with E-state index >= 15 is 0 Å². The van der Waals surface area contributed by atoms with Gasteiger partial charge in [0.05, 0.1) is 5.69 Å². The fourth-order valence-electron chi connectivity index (χ4n) is 1.47. The Morgan fingerprint density at radius 1 is 1.32 bits per heavy atom. The van der Waals surface area contributed by atoms with E-state index in [4.69, 9.17) is 5.11 Å². The van der Waals surface area contributed by atoms with Crippen LogP contribution in [0.15, 0.2) is 21.1 Å². The molecule has 0 radical (unpaired) electrons. The molecule has 1 aromatic carbocycles. The lowest BCUT2D eigenvalue weighted by Gasteiger charge is -2.15. The van der Waals surface area contributed by atoms with Gasteiger partial charge in [0.25, 0.3) is 0 Å². The molecule has 2 amide bonds. The van der Waals surface area contributed by atoms with Crippen LogP contribution in [0.1, 0.15) is 18.9 Å². The molecule has 0 unspecified atom stereocenters. The molecule has 0 aliphatic rings. The topological polar surface area (TPSA) is 78.4 Å². The molecular weight excluding hydrogens is 380 g/mol. The highest BCUT2D eigenvalue weighted by molar-refractivity contribution is 9.11. The number of halogens is 2. The summed E-state index contributed by atoms with van der Waals surface area (Å²) in [6, 6.07) is 2.26. The average Bonchev–Trinajstić information content (AvgIpc) is 2.30. The van der Waals surface area contributed by atoms with Gasteiger partial charge in [0.2, 0.25) is 0 Å². The Morgan fingerprint density at radius 3 is 2.26 bits per heavy atom. The number of carboxylic acids is 1. The maximum absolute atomic E-state index is 11.7. The third-order valence-corrected chi connectivity index (χ3v) is 3.69. The number of hydrogen-bond acceptors (Lipinski definition) is 2. The van der Waals surface area contributed by atoms with Crippen LogP contribution in [-0.2, 0) is 4.79 Å². The zero-order chi connectivity index (χ0) is 14.6. The van der Waals surface area contributed by atoms with Crippen LogP contribution < -0.4 is 10.6 Å². The molecular formula is C12H14Br2N2O3. The summed E-state index contributed by atoms with van der Waals surface area (Å²) in [5.74, 6) is -1.06.